The number of carbonyl (C=O) groups is 4. The average Bonchev–Trinajstić information content (AvgIpc) is 4.21. The maximum atomic E-state index is 14.8. The van der Waals surface area contributed by atoms with Gasteiger partial charge < -0.3 is 41.2 Å². The Hall–Kier alpha value is -4.81. The number of anilines is 1. The highest BCUT2D eigenvalue weighted by Gasteiger charge is 2.65. The molecule has 3 amide bonds. The lowest BCUT2D eigenvalue weighted by Crippen LogP contribution is -2.60. The van der Waals surface area contributed by atoms with Crippen molar-refractivity contribution in [3.63, 3.8) is 0 Å². The number of ketones is 1. The summed E-state index contributed by atoms with van der Waals surface area (Å²) in [6.45, 7) is 4.20. The van der Waals surface area contributed by atoms with Gasteiger partial charge in [0, 0.05) is 47.7 Å². The molecule has 1 saturated heterocycles. The molecule has 4 saturated carbocycles. The lowest BCUT2D eigenvalue weighted by molar-refractivity contribution is -0.140. The number of amides is 3. The predicted molar refractivity (Wildman–Crippen MR) is 244 cm³/mol. The molecule has 346 valence electrons. The molecule has 5 atom stereocenters. The van der Waals surface area contributed by atoms with Crippen molar-refractivity contribution in [1.29, 1.82) is 0 Å². The number of carboxylic acids is 1. The van der Waals surface area contributed by atoms with Gasteiger partial charge in [0.2, 0.25) is 5.91 Å². The van der Waals surface area contributed by atoms with Crippen molar-refractivity contribution in [3.8, 4) is 22.9 Å². The topological polar surface area (TPSA) is 232 Å². The zero-order valence-corrected chi connectivity index (χ0v) is 38.5. The molecule has 64 heavy (non-hydrogen) atoms. The number of hydrogen-bond acceptors (Lipinski definition) is 13. The molecule has 16 nitrogen and oxygen atoms in total. The number of aliphatic carboxylic acids is 1. The smallest absolute Gasteiger partial charge is 0.324 e. The van der Waals surface area contributed by atoms with Gasteiger partial charge in [0.1, 0.15) is 40.4 Å². The molecule has 3 aromatic rings. The van der Waals surface area contributed by atoms with Crippen LogP contribution in [0.1, 0.15) is 110 Å². The van der Waals surface area contributed by atoms with Gasteiger partial charge in [0.15, 0.2) is 20.8 Å². The Morgan fingerprint density at radius 2 is 1.83 bits per heavy atom. The van der Waals surface area contributed by atoms with Crippen LogP contribution < -0.4 is 31.2 Å². The molecule has 4 aliphatic carbocycles. The Morgan fingerprint density at radius 1 is 1.06 bits per heavy atom. The van der Waals surface area contributed by atoms with Crippen LogP contribution in [0.4, 0.5) is 9.93 Å². The van der Waals surface area contributed by atoms with Crippen LogP contribution in [-0.2, 0) is 24.2 Å². The van der Waals surface area contributed by atoms with Crippen LogP contribution in [0.15, 0.2) is 41.8 Å². The van der Waals surface area contributed by atoms with E-state index in [2.05, 4.69) is 16.0 Å². The van der Waals surface area contributed by atoms with Crippen molar-refractivity contribution < 1.29 is 42.2 Å². The number of pyridine rings is 1. The van der Waals surface area contributed by atoms with E-state index < -0.39 is 50.6 Å². The largest absolute Gasteiger partial charge is 0.497 e. The molecule has 2 unspecified atom stereocenters. The van der Waals surface area contributed by atoms with E-state index in [9.17, 15) is 32.7 Å². The lowest BCUT2D eigenvalue weighted by atomic mass is 9.83. The normalized spacial score (nSPS) is 25.5. The van der Waals surface area contributed by atoms with Crippen LogP contribution in [0.2, 0.25) is 0 Å². The molecule has 1 aliphatic heterocycles. The number of carbonyl (C=O) groups excluding carboxylic acids is 3. The first-order chi connectivity index (χ1) is 30.5. The highest BCUT2D eigenvalue weighted by Crippen LogP contribution is 2.48. The minimum absolute atomic E-state index is 0.0638. The van der Waals surface area contributed by atoms with Gasteiger partial charge in [-0.3, -0.25) is 14.4 Å². The minimum Gasteiger partial charge on any atom is -0.497 e. The third-order valence-electron chi connectivity index (χ3n) is 13.5. The third-order valence-corrected chi connectivity index (χ3v) is 16.7. The number of nitrogens with two attached hydrogens (primary N) is 1. The summed E-state index contributed by atoms with van der Waals surface area (Å²) in [5, 5.41) is 21.8. The first-order valence-corrected chi connectivity index (χ1v) is 25.3. The maximum Gasteiger partial charge on any atom is 0.324 e. The second-order valence-electron chi connectivity index (χ2n) is 19.0. The Labute approximate surface area is 378 Å². The van der Waals surface area contributed by atoms with E-state index in [1.807, 2.05) is 55.6 Å². The number of unbranched alkanes of at least 4 members (excludes halogenated alkanes) is 3. The van der Waals surface area contributed by atoms with Crippen LogP contribution in [0.3, 0.4) is 0 Å². The number of methoxy groups -OCH3 is 1. The van der Waals surface area contributed by atoms with Crippen LogP contribution in [0.5, 0.6) is 11.5 Å². The molecule has 6 N–H and O–H groups in total. The Morgan fingerprint density at radius 3 is 2.50 bits per heavy atom. The summed E-state index contributed by atoms with van der Waals surface area (Å²) >= 11 is 1.48. The summed E-state index contributed by atoms with van der Waals surface area (Å²) in [5.74, 6) is -0.602. The predicted octanol–water partition coefficient (Wildman–Crippen LogP) is 6.14. The van der Waals surface area contributed by atoms with Crippen molar-refractivity contribution in [2.45, 2.75) is 150 Å². The van der Waals surface area contributed by atoms with E-state index >= 15 is 0 Å². The number of ether oxygens (including phenoxy) is 2. The molecule has 5 aliphatic rings. The monoisotopic (exact) mass is 919 g/mol. The number of sulfone groups is 1. The van der Waals surface area contributed by atoms with E-state index in [1.54, 1.807) is 12.0 Å². The van der Waals surface area contributed by atoms with Gasteiger partial charge in [0.05, 0.1) is 41.4 Å². The number of carboxylic acid groups (broad SMARTS) is 1. The Bertz CT molecular complexity index is 2410. The van der Waals surface area contributed by atoms with E-state index in [0.29, 0.717) is 79.8 Å². The summed E-state index contributed by atoms with van der Waals surface area (Å²) in [6, 6.07) is 5.99. The summed E-state index contributed by atoms with van der Waals surface area (Å²) in [4.78, 5) is 64.9. The van der Waals surface area contributed by atoms with Crippen molar-refractivity contribution >= 4 is 60.9 Å². The van der Waals surface area contributed by atoms with E-state index in [0.717, 1.165) is 42.6 Å². The highest BCUT2D eigenvalue weighted by molar-refractivity contribution is 7.92. The second-order valence-corrected chi connectivity index (χ2v) is 22.1. The number of fused-ring (bicyclic) bond motifs is 1. The third kappa shape index (κ3) is 10.0. The molecule has 0 radical (unpaired) electrons. The fraction of sp³-hybridized carbons (Fsp3) is 0.609. The lowest BCUT2D eigenvalue weighted by Gasteiger charge is -2.38. The van der Waals surface area contributed by atoms with Crippen LogP contribution >= 0.6 is 11.3 Å². The molecule has 1 aromatic carbocycles. The van der Waals surface area contributed by atoms with E-state index in [4.69, 9.17) is 25.2 Å². The number of aromatic nitrogens is 2. The summed E-state index contributed by atoms with van der Waals surface area (Å²) in [7, 11) is -1.81. The van der Waals surface area contributed by atoms with Crippen molar-refractivity contribution in [1.82, 2.24) is 25.5 Å². The molecule has 3 heterocycles. The standard InChI is InChI=1S/C46H61N7O9S2/c1-28(2)48-43-51-37(26-63-43)36-21-38(33-17-14-30(61-3)20-35(33)49-36)62-31-23-45(24-39(45)54)53(25-31)40(55)34(13-9-6-4-5-8-12-29-22-46(29,47)41(56)57)50-42(58)52-44(18-10-7-11-19-44)27-64(59,60)32-15-16-32/h8,12,14,17,20-21,26,28-29,31-32,34H,4-7,9-11,13,15-16,18-19,22-25,27,47H2,1-3H3,(H,48,51)(H,56,57)(H2,50,52,58)/b12-8-/t29?,31?,34-,45+,46+/m0/s1. The number of nitrogens with zero attached hydrogens (tertiary/aromatic N) is 3. The number of benzene rings is 1. The van der Waals surface area contributed by atoms with Gasteiger partial charge in [-0.2, -0.15) is 0 Å². The number of rotatable bonds is 20. The molecule has 5 fully saturated rings. The fourth-order valence-corrected chi connectivity index (χ4v) is 12.6. The summed E-state index contributed by atoms with van der Waals surface area (Å²) in [6.07, 6.45) is 12.1. The first-order valence-electron chi connectivity index (χ1n) is 22.7. The number of urea groups is 1. The molecular formula is C46H61N7O9S2. The van der Waals surface area contributed by atoms with Gasteiger partial charge >= 0.3 is 12.0 Å². The van der Waals surface area contributed by atoms with Crippen molar-refractivity contribution in [2.24, 2.45) is 11.7 Å². The number of nitrogens with one attached hydrogen (secondary N) is 3. The van der Waals surface area contributed by atoms with Crippen LogP contribution in [-0.4, -0.2) is 112 Å². The van der Waals surface area contributed by atoms with Crippen molar-refractivity contribution in [2.75, 3.05) is 24.7 Å². The molecule has 8 rings (SSSR count). The average molecular weight is 920 g/mol. The number of Topliss-reactive ketones (excluding diaryl/α,β-unsaturated/α-hetero) is 1. The van der Waals surface area contributed by atoms with Crippen LogP contribution in [0.25, 0.3) is 22.3 Å². The van der Waals surface area contributed by atoms with Gasteiger partial charge in [-0.25, -0.2) is 23.2 Å². The highest BCUT2D eigenvalue weighted by atomic mass is 32.2. The molecule has 1 spiro atoms. The second kappa shape index (κ2) is 18.2. The van der Waals surface area contributed by atoms with E-state index in [-0.39, 0.29) is 54.0 Å². The van der Waals surface area contributed by atoms with Crippen LogP contribution in [0, 0.1) is 5.92 Å². The number of thiazole rings is 1. The molecule has 2 aromatic heterocycles. The first kappa shape index (κ1) is 45.7. The summed E-state index contributed by atoms with van der Waals surface area (Å²) in [5.41, 5.74) is 4.66. The number of hydrogen-bond donors (Lipinski definition) is 5. The maximum absolute atomic E-state index is 14.8. The summed E-state index contributed by atoms with van der Waals surface area (Å²) < 4.78 is 38.8. The van der Waals surface area contributed by atoms with Gasteiger partial charge in [-0.05, 0) is 77.3 Å². The van der Waals surface area contributed by atoms with Gasteiger partial charge in [-0.15, -0.1) is 11.3 Å². The SMILES string of the molecule is COc1ccc2c(OC3CN(C(=O)[C@H](CCCCC/C=C\C4C[C@]4(N)C(=O)O)NC(=O)NC4(CS(=O)(=O)C5CC5)CCCCC4)[C@@]4(CC4=O)C3)cc(-c3csc(NC(C)C)n3)nc2c1. The van der Waals surface area contributed by atoms with Gasteiger partial charge in [-0.1, -0.05) is 44.3 Å². The minimum atomic E-state index is -3.40. The van der Waals surface area contributed by atoms with Crippen molar-refractivity contribution in [3.05, 3.63) is 41.8 Å². The number of likely N-dealkylation sites (tertiary alicyclic amines) is 1. The molecular weight excluding hydrogens is 859 g/mol. The quantitative estimate of drug-likeness (QED) is 0.0635. The zero-order chi connectivity index (χ0) is 45.4. The Kier molecular flexibility index (Phi) is 13.0. The zero-order valence-electron chi connectivity index (χ0n) is 36.9. The number of allylic oxidation sites excluding steroid dienone is 1. The molecule has 0 bridgehead atoms. The Balaban J connectivity index is 0.997. The molecule has 18 heteroatoms. The van der Waals surface area contributed by atoms with Gasteiger partial charge in [0.25, 0.3) is 0 Å². The van der Waals surface area contributed by atoms with E-state index in [1.165, 1.54) is 11.3 Å². The fourth-order valence-electron chi connectivity index (χ4n) is 9.56.